The number of anilines is 1. The van der Waals surface area contributed by atoms with Gasteiger partial charge < -0.3 is 4.90 Å². The molecule has 3 rings (SSSR count). The van der Waals surface area contributed by atoms with Gasteiger partial charge in [-0.15, -0.1) is 0 Å². The number of aromatic nitrogens is 2. The SMILES string of the molecule is CC1CCN(c2ccnc(C3CC3)n2)C1C. The molecule has 1 aliphatic heterocycles. The van der Waals surface area contributed by atoms with Crippen LogP contribution in [0.3, 0.4) is 0 Å². The molecule has 3 heteroatoms. The molecule has 0 N–H and O–H groups in total. The van der Waals surface area contributed by atoms with Gasteiger partial charge in [0.2, 0.25) is 0 Å². The van der Waals surface area contributed by atoms with E-state index in [1.165, 1.54) is 19.3 Å². The zero-order chi connectivity index (χ0) is 11.1. The summed E-state index contributed by atoms with van der Waals surface area (Å²) in [5, 5.41) is 0. The van der Waals surface area contributed by atoms with Gasteiger partial charge >= 0.3 is 0 Å². The monoisotopic (exact) mass is 217 g/mol. The Hall–Kier alpha value is -1.12. The molecule has 1 aromatic rings. The number of rotatable bonds is 2. The molecular weight excluding hydrogens is 198 g/mol. The van der Waals surface area contributed by atoms with E-state index < -0.39 is 0 Å². The van der Waals surface area contributed by atoms with Gasteiger partial charge in [-0.25, -0.2) is 9.97 Å². The molecule has 0 aromatic carbocycles. The van der Waals surface area contributed by atoms with Gasteiger partial charge in [0, 0.05) is 24.7 Å². The molecule has 0 spiro atoms. The first-order chi connectivity index (χ1) is 7.75. The Morgan fingerprint density at radius 1 is 1.25 bits per heavy atom. The van der Waals surface area contributed by atoms with Crippen LogP contribution in [0, 0.1) is 5.92 Å². The van der Waals surface area contributed by atoms with Gasteiger partial charge in [-0.2, -0.15) is 0 Å². The van der Waals surface area contributed by atoms with E-state index in [1.54, 1.807) is 0 Å². The summed E-state index contributed by atoms with van der Waals surface area (Å²) in [7, 11) is 0. The van der Waals surface area contributed by atoms with Crippen LogP contribution in [0.1, 0.15) is 44.9 Å². The molecule has 86 valence electrons. The average Bonchev–Trinajstić information content (AvgIpc) is 3.08. The van der Waals surface area contributed by atoms with Crippen molar-refractivity contribution >= 4 is 5.82 Å². The van der Waals surface area contributed by atoms with Gasteiger partial charge in [-0.05, 0) is 38.2 Å². The van der Waals surface area contributed by atoms with Gasteiger partial charge in [-0.3, -0.25) is 0 Å². The maximum atomic E-state index is 4.72. The lowest BCUT2D eigenvalue weighted by Gasteiger charge is -2.24. The summed E-state index contributed by atoms with van der Waals surface area (Å²) < 4.78 is 0. The summed E-state index contributed by atoms with van der Waals surface area (Å²) in [5.41, 5.74) is 0. The highest BCUT2D eigenvalue weighted by atomic mass is 15.2. The molecule has 0 radical (unpaired) electrons. The van der Waals surface area contributed by atoms with Crippen LogP contribution < -0.4 is 4.90 Å². The van der Waals surface area contributed by atoms with Crippen LogP contribution in [-0.4, -0.2) is 22.6 Å². The molecule has 2 aliphatic rings. The Bertz CT molecular complexity index is 387. The minimum absolute atomic E-state index is 0.613. The van der Waals surface area contributed by atoms with Gasteiger partial charge in [0.1, 0.15) is 11.6 Å². The molecule has 0 bridgehead atoms. The topological polar surface area (TPSA) is 29.0 Å². The van der Waals surface area contributed by atoms with Crippen molar-refractivity contribution in [2.24, 2.45) is 5.92 Å². The summed E-state index contributed by atoms with van der Waals surface area (Å²) in [6.45, 7) is 5.77. The molecule has 1 saturated carbocycles. The first-order valence-electron chi connectivity index (χ1n) is 6.35. The van der Waals surface area contributed by atoms with Crippen molar-refractivity contribution in [2.45, 2.75) is 45.1 Å². The van der Waals surface area contributed by atoms with Crippen LogP contribution >= 0.6 is 0 Å². The number of nitrogens with zero attached hydrogens (tertiary/aromatic N) is 3. The fraction of sp³-hybridized carbons (Fsp3) is 0.692. The van der Waals surface area contributed by atoms with Crippen LogP contribution in [0.5, 0.6) is 0 Å². The highest BCUT2D eigenvalue weighted by Gasteiger charge is 2.30. The van der Waals surface area contributed by atoms with Crippen molar-refractivity contribution < 1.29 is 0 Å². The molecule has 16 heavy (non-hydrogen) atoms. The highest BCUT2D eigenvalue weighted by molar-refractivity contribution is 5.41. The summed E-state index contributed by atoms with van der Waals surface area (Å²) in [6.07, 6.45) is 5.75. The molecule has 2 fully saturated rings. The minimum Gasteiger partial charge on any atom is -0.354 e. The second-order valence-corrected chi connectivity index (χ2v) is 5.25. The summed E-state index contributed by atoms with van der Waals surface area (Å²) in [6, 6.07) is 2.67. The van der Waals surface area contributed by atoms with Crippen molar-refractivity contribution in [1.29, 1.82) is 0 Å². The molecule has 1 aliphatic carbocycles. The van der Waals surface area contributed by atoms with Crippen LogP contribution in [0.2, 0.25) is 0 Å². The van der Waals surface area contributed by atoms with Crippen molar-refractivity contribution in [3.63, 3.8) is 0 Å². The van der Waals surface area contributed by atoms with E-state index in [2.05, 4.69) is 29.8 Å². The fourth-order valence-electron chi connectivity index (χ4n) is 2.48. The number of hydrogen-bond acceptors (Lipinski definition) is 3. The van der Waals surface area contributed by atoms with E-state index in [1.807, 2.05) is 6.20 Å². The summed E-state index contributed by atoms with van der Waals surface area (Å²) >= 11 is 0. The van der Waals surface area contributed by atoms with E-state index >= 15 is 0 Å². The van der Waals surface area contributed by atoms with Crippen molar-refractivity contribution in [3.8, 4) is 0 Å². The molecule has 3 nitrogen and oxygen atoms in total. The quantitative estimate of drug-likeness (QED) is 0.762. The van der Waals surface area contributed by atoms with Crippen LogP contribution in [0.4, 0.5) is 5.82 Å². The highest BCUT2D eigenvalue weighted by Crippen LogP contribution is 2.38. The van der Waals surface area contributed by atoms with Crippen LogP contribution in [0.25, 0.3) is 0 Å². The molecule has 2 unspecified atom stereocenters. The van der Waals surface area contributed by atoms with E-state index in [9.17, 15) is 0 Å². The van der Waals surface area contributed by atoms with Gasteiger partial charge in [-0.1, -0.05) is 6.92 Å². The molecule has 2 atom stereocenters. The zero-order valence-corrected chi connectivity index (χ0v) is 10.1. The van der Waals surface area contributed by atoms with Crippen molar-refractivity contribution in [1.82, 2.24) is 9.97 Å². The fourth-order valence-corrected chi connectivity index (χ4v) is 2.48. The normalized spacial score (nSPS) is 29.8. The third-order valence-corrected chi connectivity index (χ3v) is 4.04. The molecule has 1 aromatic heterocycles. The molecule has 2 heterocycles. The predicted molar refractivity (Wildman–Crippen MR) is 64.6 cm³/mol. The van der Waals surface area contributed by atoms with Crippen molar-refractivity contribution in [2.75, 3.05) is 11.4 Å². The van der Waals surface area contributed by atoms with E-state index in [0.717, 1.165) is 24.1 Å². The zero-order valence-electron chi connectivity index (χ0n) is 10.1. The van der Waals surface area contributed by atoms with E-state index in [0.29, 0.717) is 12.0 Å². The average molecular weight is 217 g/mol. The number of hydrogen-bond donors (Lipinski definition) is 0. The molecule has 0 amide bonds. The third-order valence-electron chi connectivity index (χ3n) is 4.04. The van der Waals surface area contributed by atoms with Crippen molar-refractivity contribution in [3.05, 3.63) is 18.1 Å². The second-order valence-electron chi connectivity index (χ2n) is 5.25. The maximum absolute atomic E-state index is 4.72. The van der Waals surface area contributed by atoms with Crippen LogP contribution in [-0.2, 0) is 0 Å². The smallest absolute Gasteiger partial charge is 0.133 e. The second kappa shape index (κ2) is 3.72. The van der Waals surface area contributed by atoms with Gasteiger partial charge in [0.15, 0.2) is 0 Å². The largest absolute Gasteiger partial charge is 0.354 e. The first kappa shape index (κ1) is 10.1. The summed E-state index contributed by atoms with van der Waals surface area (Å²) in [5.74, 6) is 3.62. The predicted octanol–water partition coefficient (Wildman–Crippen LogP) is 2.59. The Morgan fingerprint density at radius 3 is 2.69 bits per heavy atom. The standard InChI is InChI=1S/C13H19N3/c1-9-6-8-16(10(9)2)12-5-7-14-13(15-12)11-3-4-11/h5,7,9-11H,3-4,6,8H2,1-2H3. The minimum atomic E-state index is 0.613. The molecular formula is C13H19N3. The lowest BCUT2D eigenvalue weighted by atomic mass is 10.1. The van der Waals surface area contributed by atoms with E-state index in [4.69, 9.17) is 4.98 Å². The first-order valence-corrected chi connectivity index (χ1v) is 6.35. The van der Waals surface area contributed by atoms with Crippen LogP contribution in [0.15, 0.2) is 12.3 Å². The lowest BCUT2D eigenvalue weighted by molar-refractivity contribution is 0.544. The molecule has 1 saturated heterocycles. The lowest BCUT2D eigenvalue weighted by Crippen LogP contribution is -2.30. The van der Waals surface area contributed by atoms with Gasteiger partial charge in [0.25, 0.3) is 0 Å². The Balaban J connectivity index is 1.85. The Kier molecular flexibility index (Phi) is 2.34. The summed E-state index contributed by atoms with van der Waals surface area (Å²) in [4.78, 5) is 11.5. The van der Waals surface area contributed by atoms with Gasteiger partial charge in [0.05, 0.1) is 0 Å². The maximum Gasteiger partial charge on any atom is 0.133 e. The Morgan fingerprint density at radius 2 is 2.06 bits per heavy atom. The Labute approximate surface area is 96.9 Å². The third kappa shape index (κ3) is 1.68. The van der Waals surface area contributed by atoms with E-state index in [-0.39, 0.29) is 0 Å².